The highest BCUT2D eigenvalue weighted by Gasteiger charge is 2.45. The van der Waals surface area contributed by atoms with Crippen LogP contribution in [0.4, 0.5) is 0 Å². The molecule has 3 rings (SSSR count). The minimum Gasteiger partial charge on any atom is -0.507 e. The van der Waals surface area contributed by atoms with Crippen LogP contribution in [0.5, 0.6) is 11.5 Å². The Balaban J connectivity index is 2.02. The number of nitrogens with two attached hydrogens (primary N) is 1. The fraction of sp³-hybridized carbons (Fsp3) is 0.316. The molecule has 4 N–H and O–H groups in total. The molecule has 0 saturated carbocycles. The van der Waals surface area contributed by atoms with Gasteiger partial charge in [-0.1, -0.05) is 24.3 Å². The summed E-state index contributed by atoms with van der Waals surface area (Å²) in [6.45, 7) is 3.82. The van der Waals surface area contributed by atoms with Crippen LogP contribution in [-0.2, 0) is 4.79 Å². The first kappa shape index (κ1) is 15.6. The van der Waals surface area contributed by atoms with Crippen LogP contribution in [-0.4, -0.2) is 16.0 Å². The largest absolute Gasteiger partial charge is 0.507 e. The monoisotopic (exact) mass is 312 g/mol. The molecule has 1 fully saturated rings. The van der Waals surface area contributed by atoms with Gasteiger partial charge in [-0.2, -0.15) is 0 Å². The summed E-state index contributed by atoms with van der Waals surface area (Å²) in [6, 6.07) is 14.0. The van der Waals surface area contributed by atoms with Crippen LogP contribution in [0, 0.1) is 11.8 Å². The second-order valence-electron chi connectivity index (χ2n) is 6.34. The number of benzene rings is 2. The lowest BCUT2D eigenvalue weighted by atomic mass is 9.76. The van der Waals surface area contributed by atoms with Crippen molar-refractivity contribution in [2.45, 2.75) is 25.9 Å². The topological polar surface area (TPSA) is 74.1 Å². The van der Waals surface area contributed by atoms with Crippen molar-refractivity contribution in [3.8, 4) is 11.5 Å². The number of carbonyl (C=O) groups is 1. The Morgan fingerprint density at radius 1 is 0.783 bits per heavy atom. The number of piperidine rings is 1. The lowest BCUT2D eigenvalue weighted by Gasteiger charge is -2.36. The second kappa shape index (κ2) is 6.05. The van der Waals surface area contributed by atoms with E-state index in [4.69, 9.17) is 0 Å². The Kier molecular flexibility index (Phi) is 4.09. The predicted octanol–water partition coefficient (Wildman–Crippen LogP) is 2.30. The molecule has 1 aliphatic heterocycles. The Hall–Kier alpha value is -2.33. The van der Waals surface area contributed by atoms with E-state index in [0.29, 0.717) is 0 Å². The van der Waals surface area contributed by atoms with Crippen LogP contribution in [0.1, 0.15) is 37.1 Å². The number of aromatic hydroxyl groups is 2. The molecule has 0 radical (unpaired) electrons. The maximum absolute atomic E-state index is 12.7. The summed E-state index contributed by atoms with van der Waals surface area (Å²) in [4.78, 5) is 12.7. The van der Waals surface area contributed by atoms with Gasteiger partial charge in [0, 0.05) is 0 Å². The van der Waals surface area contributed by atoms with Crippen LogP contribution < -0.4 is 5.32 Å². The van der Waals surface area contributed by atoms with Crippen LogP contribution >= 0.6 is 0 Å². The third-order valence-electron chi connectivity index (χ3n) is 4.98. The number of carbonyl (C=O) groups excluding carboxylic acids is 1. The molecule has 0 aromatic heterocycles. The summed E-state index contributed by atoms with van der Waals surface area (Å²) >= 11 is 0. The van der Waals surface area contributed by atoms with Crippen LogP contribution in [0.15, 0.2) is 48.5 Å². The fourth-order valence-electron chi connectivity index (χ4n) is 3.61. The fourth-order valence-corrected chi connectivity index (χ4v) is 3.61. The van der Waals surface area contributed by atoms with E-state index in [1.165, 1.54) is 0 Å². The molecule has 0 bridgehead atoms. The van der Waals surface area contributed by atoms with Crippen LogP contribution in [0.2, 0.25) is 0 Å². The average molecular weight is 312 g/mol. The highest BCUT2D eigenvalue weighted by atomic mass is 16.3. The van der Waals surface area contributed by atoms with Crippen molar-refractivity contribution in [1.29, 1.82) is 0 Å². The first-order valence-corrected chi connectivity index (χ1v) is 7.95. The maximum Gasteiger partial charge on any atom is 0.151 e. The molecule has 1 saturated heterocycles. The number of Topliss-reactive ketones (excluding diaryl/α,β-unsaturated/α-hetero) is 1. The molecule has 4 heteroatoms. The number of phenols is 2. The number of para-hydroxylation sites is 2. The van der Waals surface area contributed by atoms with E-state index in [0.717, 1.165) is 11.1 Å². The van der Waals surface area contributed by atoms with Gasteiger partial charge in [0.05, 0.1) is 23.0 Å². The summed E-state index contributed by atoms with van der Waals surface area (Å²) in [5, 5.41) is 22.4. The maximum atomic E-state index is 12.7. The van der Waals surface area contributed by atoms with Gasteiger partial charge >= 0.3 is 0 Å². The van der Waals surface area contributed by atoms with Crippen molar-refractivity contribution < 1.29 is 20.3 Å². The molecular weight excluding hydrogens is 290 g/mol. The van der Waals surface area contributed by atoms with Crippen molar-refractivity contribution in [2.24, 2.45) is 11.8 Å². The molecule has 23 heavy (non-hydrogen) atoms. The molecule has 2 aromatic carbocycles. The van der Waals surface area contributed by atoms with E-state index in [2.05, 4.69) is 5.32 Å². The Morgan fingerprint density at radius 2 is 1.17 bits per heavy atom. The number of rotatable bonds is 2. The van der Waals surface area contributed by atoms with E-state index in [1.54, 1.807) is 24.3 Å². The predicted molar refractivity (Wildman–Crippen MR) is 87.0 cm³/mol. The molecule has 0 unspecified atom stereocenters. The molecule has 0 spiro atoms. The van der Waals surface area contributed by atoms with Crippen molar-refractivity contribution in [1.82, 2.24) is 0 Å². The van der Waals surface area contributed by atoms with E-state index in [9.17, 15) is 15.0 Å². The van der Waals surface area contributed by atoms with Crippen LogP contribution in [0.25, 0.3) is 0 Å². The van der Waals surface area contributed by atoms with Gasteiger partial charge in [-0.25, -0.2) is 0 Å². The third-order valence-corrected chi connectivity index (χ3v) is 4.98. The molecule has 4 atom stereocenters. The third kappa shape index (κ3) is 2.70. The number of hydrogen-bond donors (Lipinski definition) is 3. The summed E-state index contributed by atoms with van der Waals surface area (Å²) in [5.41, 5.74) is 1.53. The average Bonchev–Trinajstić information content (AvgIpc) is 2.55. The van der Waals surface area contributed by atoms with E-state index >= 15 is 0 Å². The molecule has 1 aliphatic rings. The van der Waals surface area contributed by atoms with Crippen molar-refractivity contribution in [3.05, 3.63) is 59.7 Å². The second-order valence-corrected chi connectivity index (χ2v) is 6.34. The van der Waals surface area contributed by atoms with Crippen molar-refractivity contribution >= 4 is 5.78 Å². The lowest BCUT2D eigenvalue weighted by molar-refractivity contribution is -0.748. The van der Waals surface area contributed by atoms with Gasteiger partial charge < -0.3 is 15.5 Å². The molecule has 0 amide bonds. The van der Waals surface area contributed by atoms with Gasteiger partial charge in [-0.15, -0.1) is 0 Å². The standard InChI is InChI=1S/C19H21NO3/c1-11-17(13-7-3-5-9-15(13)21)20-18(12(2)19(11)23)14-8-4-6-10-16(14)22/h3-12,17-18,20-22H,1-2H3/p+1/t11-,12-,17-,18+/m0/s1. The van der Waals surface area contributed by atoms with E-state index < -0.39 is 0 Å². The summed E-state index contributed by atoms with van der Waals surface area (Å²) in [7, 11) is 0. The first-order valence-electron chi connectivity index (χ1n) is 7.95. The number of ketones is 1. The smallest absolute Gasteiger partial charge is 0.151 e. The Bertz CT molecular complexity index is 669. The van der Waals surface area contributed by atoms with Crippen molar-refractivity contribution in [2.75, 3.05) is 0 Å². The first-order chi connectivity index (χ1) is 11.0. The number of phenolic OH excluding ortho intramolecular Hbond substituents is 2. The number of quaternary nitrogens is 1. The highest BCUT2D eigenvalue weighted by Crippen LogP contribution is 2.37. The summed E-state index contributed by atoms with van der Waals surface area (Å²) < 4.78 is 0. The van der Waals surface area contributed by atoms with E-state index in [1.807, 2.05) is 38.1 Å². The quantitative estimate of drug-likeness (QED) is 0.796. The Labute approximate surface area is 135 Å². The van der Waals surface area contributed by atoms with Gasteiger partial charge in [0.2, 0.25) is 0 Å². The zero-order valence-electron chi connectivity index (χ0n) is 13.3. The SMILES string of the molecule is C[C@@H]1C(=O)[C@@H](C)[C@H](c2ccccc2O)[NH2+][C@@H]1c1ccccc1O. The molecule has 1 heterocycles. The van der Waals surface area contributed by atoms with Crippen LogP contribution in [0.3, 0.4) is 0 Å². The van der Waals surface area contributed by atoms with Gasteiger partial charge in [0.25, 0.3) is 0 Å². The lowest BCUT2D eigenvalue weighted by Crippen LogP contribution is -2.91. The summed E-state index contributed by atoms with van der Waals surface area (Å²) in [5.74, 6) is 0.188. The normalized spacial score (nSPS) is 27.8. The minimum atomic E-state index is -0.194. The van der Waals surface area contributed by atoms with E-state index in [-0.39, 0.29) is 41.2 Å². The molecule has 4 nitrogen and oxygen atoms in total. The molecule has 120 valence electrons. The molecule has 0 aliphatic carbocycles. The van der Waals surface area contributed by atoms with Gasteiger partial charge in [0.1, 0.15) is 23.6 Å². The highest BCUT2D eigenvalue weighted by molar-refractivity contribution is 5.85. The summed E-state index contributed by atoms with van der Waals surface area (Å²) in [6.07, 6.45) is 0. The van der Waals surface area contributed by atoms with Gasteiger partial charge in [-0.05, 0) is 38.1 Å². The molecular formula is C19H22NO3+. The minimum absolute atomic E-state index is 0.161. The van der Waals surface area contributed by atoms with Gasteiger partial charge in [0.15, 0.2) is 5.78 Å². The number of hydrogen-bond acceptors (Lipinski definition) is 3. The zero-order valence-corrected chi connectivity index (χ0v) is 13.3. The zero-order chi connectivity index (χ0) is 16.6. The van der Waals surface area contributed by atoms with Crippen molar-refractivity contribution in [3.63, 3.8) is 0 Å². The van der Waals surface area contributed by atoms with Gasteiger partial charge in [-0.3, -0.25) is 4.79 Å². The molecule has 2 aromatic rings. The Morgan fingerprint density at radius 3 is 1.57 bits per heavy atom.